The number of hydrogen-bond acceptors (Lipinski definition) is 5. The predicted octanol–water partition coefficient (Wildman–Crippen LogP) is 3.05. The van der Waals surface area contributed by atoms with Crippen molar-refractivity contribution in [2.24, 2.45) is 0 Å². The lowest BCUT2D eigenvalue weighted by Crippen LogP contribution is -2.29. The third-order valence-electron chi connectivity index (χ3n) is 5.24. The Hall–Kier alpha value is -3.72. The highest BCUT2D eigenvalue weighted by Gasteiger charge is 2.31. The lowest BCUT2D eigenvalue weighted by Gasteiger charge is -2.19. The van der Waals surface area contributed by atoms with Gasteiger partial charge in [-0.2, -0.15) is 0 Å². The fourth-order valence-electron chi connectivity index (χ4n) is 3.54. The van der Waals surface area contributed by atoms with Crippen molar-refractivity contribution in [2.45, 2.75) is 17.9 Å². The molecule has 1 amide bonds. The molecule has 0 saturated heterocycles. The van der Waals surface area contributed by atoms with E-state index in [1.807, 2.05) is 12.1 Å². The van der Waals surface area contributed by atoms with Gasteiger partial charge in [-0.15, -0.1) is 0 Å². The largest absolute Gasteiger partial charge is 0.452 e. The van der Waals surface area contributed by atoms with Gasteiger partial charge in [0.1, 0.15) is 5.82 Å². The molecule has 3 aromatic carbocycles. The number of nitrogens with one attached hydrogen (secondary N) is 1. The molecule has 4 rings (SSSR count). The molecule has 9 heteroatoms. The molecular formula is C24H21FN2O5S. The fourth-order valence-corrected chi connectivity index (χ4v) is 5.09. The van der Waals surface area contributed by atoms with Crippen molar-refractivity contribution in [3.05, 3.63) is 95.3 Å². The number of amides is 1. The molecule has 170 valence electrons. The van der Waals surface area contributed by atoms with Gasteiger partial charge >= 0.3 is 5.97 Å². The number of carbonyl (C=O) groups excluding carboxylic acids is 2. The molecular weight excluding hydrogens is 447 g/mol. The van der Waals surface area contributed by atoms with E-state index in [4.69, 9.17) is 4.74 Å². The van der Waals surface area contributed by atoms with Crippen LogP contribution in [0.25, 0.3) is 0 Å². The highest BCUT2D eigenvalue weighted by molar-refractivity contribution is 7.92. The van der Waals surface area contributed by atoms with Gasteiger partial charge in [0, 0.05) is 13.1 Å². The second kappa shape index (κ2) is 9.41. The first-order chi connectivity index (χ1) is 15.8. The minimum absolute atomic E-state index is 0.0230. The maximum Gasteiger partial charge on any atom is 0.338 e. The standard InChI is InChI=1S/C24H21FN2O5S/c25-20-10-8-17(9-11-20)15-26-23(28)16-32-24(29)19-5-3-6-21(14-19)33(30,31)27-13-12-18-4-1-2-7-22(18)27/h1-11,14H,12-13,15-16H2,(H,26,28). The summed E-state index contributed by atoms with van der Waals surface area (Å²) in [6.45, 7) is -0.0528. The summed E-state index contributed by atoms with van der Waals surface area (Å²) in [6.07, 6.45) is 0.615. The van der Waals surface area contributed by atoms with Gasteiger partial charge in [-0.25, -0.2) is 17.6 Å². The van der Waals surface area contributed by atoms with Crippen molar-refractivity contribution in [2.75, 3.05) is 17.5 Å². The summed E-state index contributed by atoms with van der Waals surface area (Å²) in [5.74, 6) is -1.73. The molecule has 0 saturated carbocycles. The molecule has 1 aliphatic heterocycles. The molecule has 0 radical (unpaired) electrons. The summed E-state index contributed by atoms with van der Waals surface area (Å²) < 4.78 is 45.6. The monoisotopic (exact) mass is 468 g/mol. The molecule has 0 atom stereocenters. The lowest BCUT2D eigenvalue weighted by atomic mass is 10.2. The van der Waals surface area contributed by atoms with E-state index in [1.165, 1.54) is 52.8 Å². The van der Waals surface area contributed by atoms with Crippen molar-refractivity contribution in [1.82, 2.24) is 5.32 Å². The van der Waals surface area contributed by atoms with Crippen LogP contribution in [0.4, 0.5) is 10.1 Å². The van der Waals surface area contributed by atoms with Gasteiger partial charge < -0.3 is 10.1 Å². The number of ether oxygens (including phenoxy) is 1. The number of para-hydroxylation sites is 1. The number of esters is 1. The van der Waals surface area contributed by atoms with E-state index in [1.54, 1.807) is 12.1 Å². The minimum atomic E-state index is -3.86. The van der Waals surface area contributed by atoms with Crippen molar-refractivity contribution >= 4 is 27.6 Å². The van der Waals surface area contributed by atoms with Crippen LogP contribution in [-0.4, -0.2) is 33.4 Å². The topological polar surface area (TPSA) is 92.8 Å². The highest BCUT2D eigenvalue weighted by atomic mass is 32.2. The van der Waals surface area contributed by atoms with E-state index in [9.17, 15) is 22.4 Å². The maximum absolute atomic E-state index is 13.2. The van der Waals surface area contributed by atoms with E-state index >= 15 is 0 Å². The number of fused-ring (bicyclic) bond motifs is 1. The Balaban J connectivity index is 1.38. The van der Waals surface area contributed by atoms with Gasteiger partial charge in [0.05, 0.1) is 16.1 Å². The fraction of sp³-hybridized carbons (Fsp3) is 0.167. The zero-order chi connectivity index (χ0) is 23.4. The number of nitrogens with zero attached hydrogens (tertiary/aromatic N) is 1. The Morgan fingerprint density at radius 2 is 1.76 bits per heavy atom. The Morgan fingerprint density at radius 1 is 1.00 bits per heavy atom. The van der Waals surface area contributed by atoms with Gasteiger partial charge in [-0.1, -0.05) is 36.4 Å². The first-order valence-electron chi connectivity index (χ1n) is 10.2. The van der Waals surface area contributed by atoms with E-state index < -0.39 is 28.5 Å². The van der Waals surface area contributed by atoms with Crippen LogP contribution in [0, 0.1) is 5.82 Å². The number of hydrogen-bond donors (Lipinski definition) is 1. The Labute approximate surface area is 190 Å². The van der Waals surface area contributed by atoms with Gasteiger partial charge in [0.25, 0.3) is 15.9 Å². The SMILES string of the molecule is O=C(COC(=O)c1cccc(S(=O)(=O)N2CCc3ccccc32)c1)NCc1ccc(F)cc1. The molecule has 1 N–H and O–H groups in total. The van der Waals surface area contributed by atoms with Crippen LogP contribution in [0.15, 0.2) is 77.7 Å². The van der Waals surface area contributed by atoms with E-state index in [-0.39, 0.29) is 22.8 Å². The van der Waals surface area contributed by atoms with E-state index in [2.05, 4.69) is 5.32 Å². The highest BCUT2D eigenvalue weighted by Crippen LogP contribution is 2.32. The summed E-state index contributed by atoms with van der Waals surface area (Å²) in [6, 6.07) is 18.5. The molecule has 1 aliphatic rings. The van der Waals surface area contributed by atoms with Gasteiger partial charge in [0.15, 0.2) is 6.61 Å². The first kappa shape index (κ1) is 22.5. The van der Waals surface area contributed by atoms with Gasteiger partial charge in [0.2, 0.25) is 0 Å². The van der Waals surface area contributed by atoms with Crippen LogP contribution >= 0.6 is 0 Å². The minimum Gasteiger partial charge on any atom is -0.452 e. The summed E-state index contributed by atoms with van der Waals surface area (Å²) in [7, 11) is -3.86. The number of sulfonamides is 1. The molecule has 0 aliphatic carbocycles. The second-order valence-corrected chi connectivity index (χ2v) is 9.33. The summed E-state index contributed by atoms with van der Waals surface area (Å²) in [5.41, 5.74) is 2.29. The zero-order valence-corrected chi connectivity index (χ0v) is 18.3. The van der Waals surface area contributed by atoms with Crippen LogP contribution in [0.1, 0.15) is 21.5 Å². The molecule has 0 fully saturated rings. The lowest BCUT2D eigenvalue weighted by molar-refractivity contribution is -0.124. The third kappa shape index (κ3) is 5.04. The summed E-state index contributed by atoms with van der Waals surface area (Å²) in [5, 5.41) is 2.57. The average molecular weight is 469 g/mol. The van der Waals surface area contributed by atoms with Crippen LogP contribution in [-0.2, 0) is 32.5 Å². The molecule has 0 unspecified atom stereocenters. The van der Waals surface area contributed by atoms with Crippen molar-refractivity contribution < 1.29 is 27.1 Å². The van der Waals surface area contributed by atoms with Crippen LogP contribution in [0.5, 0.6) is 0 Å². The second-order valence-electron chi connectivity index (χ2n) is 7.46. The van der Waals surface area contributed by atoms with E-state index in [0.717, 1.165) is 5.56 Å². The summed E-state index contributed by atoms with van der Waals surface area (Å²) in [4.78, 5) is 24.3. The maximum atomic E-state index is 13.2. The van der Waals surface area contributed by atoms with Gasteiger partial charge in [-0.3, -0.25) is 9.10 Å². The van der Waals surface area contributed by atoms with E-state index in [0.29, 0.717) is 24.2 Å². The van der Waals surface area contributed by atoms with Crippen LogP contribution in [0.3, 0.4) is 0 Å². The molecule has 0 aromatic heterocycles. The Morgan fingerprint density at radius 3 is 2.55 bits per heavy atom. The first-order valence-corrected chi connectivity index (χ1v) is 11.7. The molecule has 7 nitrogen and oxygen atoms in total. The smallest absolute Gasteiger partial charge is 0.338 e. The van der Waals surface area contributed by atoms with Gasteiger partial charge in [-0.05, 0) is 53.9 Å². The van der Waals surface area contributed by atoms with Crippen molar-refractivity contribution in [1.29, 1.82) is 0 Å². The number of anilines is 1. The molecule has 33 heavy (non-hydrogen) atoms. The average Bonchev–Trinajstić information content (AvgIpc) is 3.27. The quantitative estimate of drug-likeness (QED) is 0.538. The number of halogens is 1. The molecule has 0 bridgehead atoms. The number of rotatable bonds is 7. The third-order valence-corrected chi connectivity index (χ3v) is 7.05. The van der Waals surface area contributed by atoms with Crippen LogP contribution in [0.2, 0.25) is 0 Å². The molecule has 1 heterocycles. The number of carbonyl (C=O) groups is 2. The van der Waals surface area contributed by atoms with Crippen molar-refractivity contribution in [3.63, 3.8) is 0 Å². The summed E-state index contributed by atoms with van der Waals surface area (Å²) >= 11 is 0. The molecule has 0 spiro atoms. The normalized spacial score (nSPS) is 12.8. The number of benzene rings is 3. The Kier molecular flexibility index (Phi) is 6.41. The predicted molar refractivity (Wildman–Crippen MR) is 120 cm³/mol. The zero-order valence-electron chi connectivity index (χ0n) is 17.5. The van der Waals surface area contributed by atoms with Crippen LogP contribution < -0.4 is 9.62 Å². The molecule has 3 aromatic rings. The van der Waals surface area contributed by atoms with Crippen molar-refractivity contribution in [3.8, 4) is 0 Å². The Bertz CT molecular complexity index is 1290.